The van der Waals surface area contributed by atoms with Gasteiger partial charge in [0.15, 0.2) is 0 Å². The van der Waals surface area contributed by atoms with Crippen LogP contribution in [-0.4, -0.2) is 40.4 Å². The van der Waals surface area contributed by atoms with Crippen LogP contribution in [0.15, 0.2) is 16.7 Å². The third-order valence-corrected chi connectivity index (χ3v) is 4.42. The summed E-state index contributed by atoms with van der Waals surface area (Å²) in [6.07, 6.45) is 4.70. The van der Waals surface area contributed by atoms with Gasteiger partial charge in [-0.25, -0.2) is 0 Å². The number of rotatable bonds is 4. The number of aryl methyl sites for hydroxylation is 1. The predicted molar refractivity (Wildman–Crippen MR) is 78.3 cm³/mol. The third-order valence-electron chi connectivity index (χ3n) is 3.98. The van der Waals surface area contributed by atoms with E-state index in [2.05, 4.69) is 21.2 Å². The summed E-state index contributed by atoms with van der Waals surface area (Å²) in [7, 11) is 1.84. The first-order valence-corrected chi connectivity index (χ1v) is 7.73. The fourth-order valence-corrected chi connectivity index (χ4v) is 3.29. The lowest BCUT2D eigenvalue weighted by Gasteiger charge is -2.15. The summed E-state index contributed by atoms with van der Waals surface area (Å²) in [6.45, 7) is 1.36. The molecule has 108 valence electrons. The molecule has 6 heteroatoms. The monoisotopic (exact) mass is 339 g/mol. The van der Waals surface area contributed by atoms with Gasteiger partial charge in [-0.15, -0.1) is 0 Å². The molecule has 1 saturated carbocycles. The van der Waals surface area contributed by atoms with Gasteiger partial charge in [0, 0.05) is 49.2 Å². The van der Waals surface area contributed by atoms with E-state index < -0.39 is 0 Å². The summed E-state index contributed by atoms with van der Waals surface area (Å²) in [5, 5.41) is 2.94. The molecular weight excluding hydrogens is 322 g/mol. The van der Waals surface area contributed by atoms with Crippen LogP contribution in [0.4, 0.5) is 0 Å². The van der Waals surface area contributed by atoms with Crippen LogP contribution in [0.2, 0.25) is 0 Å². The van der Waals surface area contributed by atoms with E-state index in [1.807, 2.05) is 18.1 Å². The van der Waals surface area contributed by atoms with Gasteiger partial charge in [0.1, 0.15) is 5.69 Å². The zero-order valence-electron chi connectivity index (χ0n) is 11.4. The van der Waals surface area contributed by atoms with Crippen LogP contribution in [0.5, 0.6) is 0 Å². The second kappa shape index (κ2) is 5.24. The van der Waals surface area contributed by atoms with Gasteiger partial charge in [0.2, 0.25) is 5.91 Å². The van der Waals surface area contributed by atoms with Crippen molar-refractivity contribution in [3.63, 3.8) is 0 Å². The van der Waals surface area contributed by atoms with Crippen molar-refractivity contribution >= 4 is 27.7 Å². The zero-order chi connectivity index (χ0) is 14.3. The zero-order valence-corrected chi connectivity index (χ0v) is 13.0. The quantitative estimate of drug-likeness (QED) is 0.904. The Morgan fingerprint density at radius 2 is 2.25 bits per heavy atom. The topological polar surface area (TPSA) is 54.3 Å². The molecule has 20 heavy (non-hydrogen) atoms. The molecule has 2 aliphatic rings. The van der Waals surface area contributed by atoms with Crippen molar-refractivity contribution in [2.75, 3.05) is 13.1 Å². The molecule has 3 rings (SSSR count). The van der Waals surface area contributed by atoms with E-state index in [-0.39, 0.29) is 17.7 Å². The normalized spacial score (nSPS) is 22.4. The molecule has 0 aromatic carbocycles. The number of carbonyl (C=O) groups excluding carboxylic acids is 2. The van der Waals surface area contributed by atoms with Gasteiger partial charge >= 0.3 is 0 Å². The summed E-state index contributed by atoms with van der Waals surface area (Å²) in [4.78, 5) is 25.9. The molecule has 0 bridgehead atoms. The highest BCUT2D eigenvalue weighted by Gasteiger charge is 2.39. The Morgan fingerprint density at radius 1 is 1.50 bits per heavy atom. The van der Waals surface area contributed by atoms with Gasteiger partial charge in [0.05, 0.1) is 0 Å². The van der Waals surface area contributed by atoms with E-state index in [1.54, 1.807) is 10.6 Å². The molecule has 5 nitrogen and oxygen atoms in total. The Kier molecular flexibility index (Phi) is 3.58. The Hall–Kier alpha value is -1.30. The first-order valence-electron chi connectivity index (χ1n) is 6.94. The Morgan fingerprint density at radius 3 is 2.85 bits per heavy atom. The molecule has 1 aliphatic heterocycles. The molecular formula is C14H18BrN3O2. The number of hydrogen-bond acceptors (Lipinski definition) is 2. The molecule has 0 radical (unpaired) electrons. The molecule has 1 saturated heterocycles. The molecule has 2 fully saturated rings. The number of carbonyl (C=O) groups is 2. The average Bonchev–Trinajstić information content (AvgIpc) is 3.09. The lowest BCUT2D eigenvalue weighted by Crippen LogP contribution is -2.32. The molecule has 1 N–H and O–H groups in total. The van der Waals surface area contributed by atoms with Gasteiger partial charge in [-0.3, -0.25) is 9.59 Å². The van der Waals surface area contributed by atoms with Gasteiger partial charge in [-0.1, -0.05) is 0 Å². The van der Waals surface area contributed by atoms with Gasteiger partial charge in [-0.05, 0) is 34.8 Å². The number of halogens is 1. The average molecular weight is 340 g/mol. The second-order valence-corrected chi connectivity index (χ2v) is 6.63. The van der Waals surface area contributed by atoms with Crippen LogP contribution in [0.1, 0.15) is 29.8 Å². The summed E-state index contributed by atoms with van der Waals surface area (Å²) >= 11 is 3.36. The number of hydrogen-bond donors (Lipinski definition) is 1. The summed E-state index contributed by atoms with van der Waals surface area (Å²) < 4.78 is 2.68. The molecule has 1 aromatic rings. The predicted octanol–water partition coefficient (Wildman–Crippen LogP) is 1.53. The molecule has 2 amide bonds. The van der Waals surface area contributed by atoms with Crippen LogP contribution in [0.25, 0.3) is 0 Å². The highest BCUT2D eigenvalue weighted by molar-refractivity contribution is 9.10. The van der Waals surface area contributed by atoms with Crippen LogP contribution >= 0.6 is 15.9 Å². The third kappa shape index (κ3) is 2.75. The maximum Gasteiger partial charge on any atom is 0.267 e. The molecule has 0 spiro atoms. The van der Waals surface area contributed by atoms with E-state index >= 15 is 0 Å². The summed E-state index contributed by atoms with van der Waals surface area (Å²) in [6, 6.07) is 2.28. The minimum atomic E-state index is -0.0875. The van der Waals surface area contributed by atoms with E-state index in [4.69, 9.17) is 0 Å². The van der Waals surface area contributed by atoms with Crippen molar-refractivity contribution in [1.82, 2.24) is 14.8 Å². The second-order valence-electron chi connectivity index (χ2n) is 5.71. The molecule has 1 aromatic heterocycles. The van der Waals surface area contributed by atoms with E-state index in [9.17, 15) is 9.59 Å². The van der Waals surface area contributed by atoms with E-state index in [1.165, 1.54) is 0 Å². The first kappa shape index (κ1) is 13.7. The maximum absolute atomic E-state index is 12.1. The minimum Gasteiger partial charge on any atom is -0.350 e. The lowest BCUT2D eigenvalue weighted by atomic mass is 10.1. The largest absolute Gasteiger partial charge is 0.350 e. The molecule has 1 unspecified atom stereocenters. The summed E-state index contributed by atoms with van der Waals surface area (Å²) in [5.41, 5.74) is 0.625. The van der Waals surface area contributed by atoms with Crippen LogP contribution in [0, 0.1) is 5.92 Å². The highest BCUT2D eigenvalue weighted by atomic mass is 79.9. The highest BCUT2D eigenvalue weighted by Crippen LogP contribution is 2.32. The van der Waals surface area contributed by atoms with Gasteiger partial charge in [0.25, 0.3) is 5.91 Å². The first-order chi connectivity index (χ1) is 9.54. The smallest absolute Gasteiger partial charge is 0.267 e. The Bertz CT molecular complexity index is 551. The number of nitrogens with zero attached hydrogens (tertiary/aromatic N) is 2. The fourth-order valence-electron chi connectivity index (χ4n) is 2.76. The van der Waals surface area contributed by atoms with Crippen molar-refractivity contribution in [3.8, 4) is 0 Å². The minimum absolute atomic E-state index is 0.0875. The molecule has 1 atom stereocenters. The van der Waals surface area contributed by atoms with Crippen molar-refractivity contribution in [2.24, 2.45) is 13.0 Å². The van der Waals surface area contributed by atoms with E-state index in [0.717, 1.165) is 23.9 Å². The summed E-state index contributed by atoms with van der Waals surface area (Å²) in [5.74, 6) is 0.402. The molecule has 2 heterocycles. The number of nitrogens with one attached hydrogen (secondary N) is 1. The standard InChI is InChI=1S/C14H18BrN3O2/c1-17-8-10(15)5-12(17)14(20)16-6-9-4-13(19)18(7-9)11-2-3-11/h5,8-9,11H,2-4,6-7H2,1H3,(H,16,20). The number of aromatic nitrogens is 1. The number of likely N-dealkylation sites (tertiary alicyclic amines) is 1. The van der Waals surface area contributed by atoms with Crippen LogP contribution in [0.3, 0.4) is 0 Å². The molecule has 1 aliphatic carbocycles. The van der Waals surface area contributed by atoms with Crippen molar-refractivity contribution in [1.29, 1.82) is 0 Å². The Balaban J connectivity index is 1.53. The van der Waals surface area contributed by atoms with Crippen molar-refractivity contribution in [2.45, 2.75) is 25.3 Å². The SMILES string of the molecule is Cn1cc(Br)cc1C(=O)NCC1CC(=O)N(C2CC2)C1. The van der Waals surface area contributed by atoms with Crippen LogP contribution < -0.4 is 5.32 Å². The van der Waals surface area contributed by atoms with Gasteiger partial charge < -0.3 is 14.8 Å². The maximum atomic E-state index is 12.1. The Labute approximate surface area is 126 Å². The van der Waals surface area contributed by atoms with Crippen molar-refractivity contribution in [3.05, 3.63) is 22.4 Å². The van der Waals surface area contributed by atoms with Crippen LogP contribution in [-0.2, 0) is 11.8 Å². The lowest BCUT2D eigenvalue weighted by molar-refractivity contribution is -0.128. The van der Waals surface area contributed by atoms with Crippen molar-refractivity contribution < 1.29 is 9.59 Å². The van der Waals surface area contributed by atoms with E-state index in [0.29, 0.717) is 24.7 Å². The fraction of sp³-hybridized carbons (Fsp3) is 0.571. The number of amides is 2. The van der Waals surface area contributed by atoms with Gasteiger partial charge in [-0.2, -0.15) is 0 Å².